The fourth-order valence-corrected chi connectivity index (χ4v) is 8.42. The summed E-state index contributed by atoms with van der Waals surface area (Å²) in [7, 11) is 0. The van der Waals surface area contributed by atoms with E-state index in [2.05, 4.69) is 109 Å². The van der Waals surface area contributed by atoms with Gasteiger partial charge in [-0.2, -0.15) is 0 Å². The molecule has 0 nitrogen and oxygen atoms in total. The first-order valence-corrected chi connectivity index (χ1v) is 14.0. The van der Waals surface area contributed by atoms with Crippen LogP contribution < -0.4 is 0 Å². The molecule has 1 saturated carbocycles. The van der Waals surface area contributed by atoms with Crippen molar-refractivity contribution in [2.45, 2.75) is 38.5 Å². The van der Waals surface area contributed by atoms with Gasteiger partial charge in [-0.1, -0.05) is 101 Å². The van der Waals surface area contributed by atoms with E-state index in [1.165, 1.54) is 63.4 Å². The molecule has 3 aliphatic rings. The van der Waals surface area contributed by atoms with Crippen LogP contribution in [0.3, 0.4) is 0 Å². The summed E-state index contributed by atoms with van der Waals surface area (Å²) in [5, 5.41) is 3.35. The molecule has 174 valence electrons. The summed E-state index contributed by atoms with van der Waals surface area (Å²) in [5.41, 5.74) is 9.34. The van der Waals surface area contributed by atoms with E-state index >= 15 is 0 Å². The molecule has 4 aromatic carbocycles. The van der Waals surface area contributed by atoms with Gasteiger partial charge in [-0.25, -0.2) is 0 Å². The predicted molar refractivity (Wildman–Crippen MR) is 152 cm³/mol. The monoisotopic (exact) mass is 538 g/mol. The molecule has 4 atom stereocenters. The molecule has 0 saturated heterocycles. The molecule has 0 radical (unpaired) electrons. The lowest BCUT2D eigenvalue weighted by molar-refractivity contribution is 0.168. The maximum atomic E-state index is 7.21. The predicted octanol–water partition coefficient (Wildman–Crippen LogP) is 10.2. The Morgan fingerprint density at radius 1 is 0.829 bits per heavy atom. The van der Waals surface area contributed by atoms with Gasteiger partial charge >= 0.3 is 0 Å². The average Bonchev–Trinajstić information content (AvgIpc) is 3.14. The number of benzene rings is 4. The Bertz CT molecular complexity index is 1550. The largest absolute Gasteiger partial charge is 0.0836 e. The Labute approximate surface area is 221 Å². The third-order valence-electron chi connectivity index (χ3n) is 9.05. The Hall–Kier alpha value is -2.35. The summed E-state index contributed by atoms with van der Waals surface area (Å²) in [6.07, 6.45) is 6.53. The van der Waals surface area contributed by atoms with E-state index in [1.54, 1.807) is 5.57 Å². The standard InChI is InChI=1S/C33H28BrCl/c1-19-13-21-15-23(14-19)33(18-20(21)2)28-10-6-5-9-27(28)32-29(33)16-22(17-31(32)35)24-11-12-30(34)26-8-4-3-7-25(24)26/h3-12,16-19,21,23H,13-15H2,1-2H3. The highest BCUT2D eigenvalue weighted by molar-refractivity contribution is 9.10. The van der Waals surface area contributed by atoms with E-state index in [-0.39, 0.29) is 5.41 Å². The number of hydrogen-bond donors (Lipinski definition) is 0. The van der Waals surface area contributed by atoms with Gasteiger partial charge in [0, 0.05) is 20.5 Å². The lowest BCUT2D eigenvalue weighted by Crippen LogP contribution is -2.42. The van der Waals surface area contributed by atoms with E-state index in [9.17, 15) is 0 Å². The van der Waals surface area contributed by atoms with Gasteiger partial charge in [0.2, 0.25) is 0 Å². The number of hydrogen-bond acceptors (Lipinski definition) is 0. The van der Waals surface area contributed by atoms with Gasteiger partial charge in [-0.3, -0.25) is 0 Å². The van der Waals surface area contributed by atoms with Crippen molar-refractivity contribution in [1.82, 2.24) is 0 Å². The summed E-state index contributed by atoms with van der Waals surface area (Å²) in [6, 6.07) is 26.7. The topological polar surface area (TPSA) is 0 Å². The van der Waals surface area contributed by atoms with Gasteiger partial charge in [-0.05, 0) is 101 Å². The van der Waals surface area contributed by atoms with Crippen molar-refractivity contribution in [2.75, 3.05) is 0 Å². The molecular weight excluding hydrogens is 512 g/mol. The van der Waals surface area contributed by atoms with Gasteiger partial charge in [0.25, 0.3) is 0 Å². The Kier molecular flexibility index (Phi) is 4.89. The molecule has 0 aliphatic heterocycles. The lowest BCUT2D eigenvalue weighted by atomic mass is 9.55. The molecule has 0 aromatic heterocycles. The molecule has 1 spiro atoms. The molecule has 0 N–H and O–H groups in total. The van der Waals surface area contributed by atoms with Crippen molar-refractivity contribution in [2.24, 2.45) is 17.8 Å². The molecule has 4 unspecified atom stereocenters. The van der Waals surface area contributed by atoms with E-state index in [1.807, 2.05) is 0 Å². The third kappa shape index (κ3) is 3.04. The van der Waals surface area contributed by atoms with Gasteiger partial charge in [-0.15, -0.1) is 0 Å². The first-order valence-electron chi connectivity index (χ1n) is 12.8. The minimum atomic E-state index is -0.0913. The molecule has 3 aliphatic carbocycles. The normalized spacial score (nSPS) is 26.5. The van der Waals surface area contributed by atoms with E-state index in [0.717, 1.165) is 21.3 Å². The number of fused-ring (bicyclic) bond motifs is 9. The van der Waals surface area contributed by atoms with E-state index in [4.69, 9.17) is 11.6 Å². The van der Waals surface area contributed by atoms with Crippen LogP contribution in [0.4, 0.5) is 0 Å². The van der Waals surface area contributed by atoms with Crippen LogP contribution >= 0.6 is 27.5 Å². The second-order valence-corrected chi connectivity index (χ2v) is 12.3. The highest BCUT2D eigenvalue weighted by Gasteiger charge is 2.52. The van der Waals surface area contributed by atoms with Crippen LogP contribution in [0.2, 0.25) is 5.02 Å². The zero-order valence-electron chi connectivity index (χ0n) is 20.1. The van der Waals surface area contributed by atoms with Crippen molar-refractivity contribution < 1.29 is 0 Å². The zero-order chi connectivity index (χ0) is 23.9. The van der Waals surface area contributed by atoms with Crippen LogP contribution in [0.5, 0.6) is 0 Å². The number of rotatable bonds is 1. The van der Waals surface area contributed by atoms with Gasteiger partial charge in [0.15, 0.2) is 0 Å². The van der Waals surface area contributed by atoms with Crippen LogP contribution in [0.25, 0.3) is 33.0 Å². The smallest absolute Gasteiger partial charge is 0.0493 e. The summed E-state index contributed by atoms with van der Waals surface area (Å²) in [4.78, 5) is 0. The van der Waals surface area contributed by atoms with Crippen LogP contribution in [-0.4, -0.2) is 0 Å². The molecule has 7 rings (SSSR count). The SMILES string of the molecule is CC1=CC2(c3ccccc3-c3c(Cl)cc(-c4ccc(Br)c5ccccc45)cc32)C2CC(C)CC1C2. The van der Waals surface area contributed by atoms with Crippen molar-refractivity contribution in [3.8, 4) is 22.3 Å². The summed E-state index contributed by atoms with van der Waals surface area (Å²) in [5.74, 6) is 2.08. The molecule has 1 fully saturated rings. The molecule has 0 amide bonds. The molecule has 35 heavy (non-hydrogen) atoms. The van der Waals surface area contributed by atoms with Crippen molar-refractivity contribution in [3.63, 3.8) is 0 Å². The Balaban J connectivity index is 1.54. The van der Waals surface area contributed by atoms with Crippen molar-refractivity contribution >= 4 is 38.3 Å². The van der Waals surface area contributed by atoms with Crippen LogP contribution in [-0.2, 0) is 5.41 Å². The zero-order valence-corrected chi connectivity index (χ0v) is 22.5. The number of halogens is 2. The van der Waals surface area contributed by atoms with Gasteiger partial charge in [0.05, 0.1) is 0 Å². The maximum Gasteiger partial charge on any atom is 0.0493 e. The first-order chi connectivity index (χ1) is 17.0. The average molecular weight is 540 g/mol. The quantitative estimate of drug-likeness (QED) is 0.211. The summed E-state index contributed by atoms with van der Waals surface area (Å²) >= 11 is 11.0. The minimum Gasteiger partial charge on any atom is -0.0836 e. The van der Waals surface area contributed by atoms with Crippen molar-refractivity contribution in [3.05, 3.63) is 105 Å². The summed E-state index contributed by atoms with van der Waals surface area (Å²) in [6.45, 7) is 4.82. The molecule has 2 heteroatoms. The molecular formula is C33H28BrCl. The highest BCUT2D eigenvalue weighted by Crippen LogP contribution is 2.62. The van der Waals surface area contributed by atoms with Crippen LogP contribution in [0, 0.1) is 17.8 Å². The summed E-state index contributed by atoms with van der Waals surface area (Å²) < 4.78 is 1.13. The minimum absolute atomic E-state index is 0.0913. The fraction of sp³-hybridized carbons (Fsp3) is 0.273. The van der Waals surface area contributed by atoms with Gasteiger partial charge in [0.1, 0.15) is 0 Å². The second-order valence-electron chi connectivity index (χ2n) is 11.0. The third-order valence-corrected chi connectivity index (χ3v) is 10.0. The first kappa shape index (κ1) is 21.9. The fourth-order valence-electron chi connectivity index (χ4n) is 7.62. The highest BCUT2D eigenvalue weighted by atomic mass is 79.9. The number of allylic oxidation sites excluding steroid dienone is 2. The second kappa shape index (κ2) is 7.82. The maximum absolute atomic E-state index is 7.21. The Morgan fingerprint density at radius 3 is 2.46 bits per heavy atom. The van der Waals surface area contributed by atoms with Crippen LogP contribution in [0.1, 0.15) is 44.2 Å². The molecule has 4 aromatic rings. The van der Waals surface area contributed by atoms with Crippen LogP contribution in [0.15, 0.2) is 88.9 Å². The molecule has 2 bridgehead atoms. The van der Waals surface area contributed by atoms with E-state index < -0.39 is 0 Å². The molecule has 0 heterocycles. The lowest BCUT2D eigenvalue weighted by Gasteiger charge is -2.49. The van der Waals surface area contributed by atoms with Gasteiger partial charge < -0.3 is 0 Å². The van der Waals surface area contributed by atoms with Crippen molar-refractivity contribution in [1.29, 1.82) is 0 Å². The van der Waals surface area contributed by atoms with E-state index in [0.29, 0.717) is 5.92 Å². The Morgan fingerprint density at radius 2 is 1.60 bits per heavy atom.